The Bertz CT molecular complexity index is 120. The van der Waals surface area contributed by atoms with Crippen LogP contribution in [0.4, 0.5) is 0 Å². The lowest BCUT2D eigenvalue weighted by Crippen LogP contribution is -2.37. The first-order valence-corrected chi connectivity index (χ1v) is 5.16. The van der Waals surface area contributed by atoms with Crippen LogP contribution >= 0.6 is 0 Å². The summed E-state index contributed by atoms with van der Waals surface area (Å²) in [6, 6.07) is 0.355. The third-order valence-electron chi connectivity index (χ3n) is 2.23. The highest BCUT2D eigenvalue weighted by atomic mass is 16.5. The normalized spacial score (nSPS) is 18.9. The highest BCUT2D eigenvalue weighted by Crippen LogP contribution is 2.28. The van der Waals surface area contributed by atoms with Gasteiger partial charge in [-0.2, -0.15) is 0 Å². The molecule has 1 N–H and O–H groups in total. The quantitative estimate of drug-likeness (QED) is 0.616. The van der Waals surface area contributed by atoms with Crippen LogP contribution in [0.15, 0.2) is 0 Å². The van der Waals surface area contributed by atoms with E-state index in [1.54, 1.807) is 7.11 Å². The number of ether oxygens (including phenoxy) is 2. The Hall–Kier alpha value is -0.120. The van der Waals surface area contributed by atoms with E-state index in [2.05, 4.69) is 12.2 Å². The Morgan fingerprint density at radius 2 is 2.15 bits per heavy atom. The average molecular weight is 187 g/mol. The molecule has 1 rings (SSSR count). The Morgan fingerprint density at radius 1 is 1.38 bits per heavy atom. The standard InChI is InChI=1S/C10H21NO2/c1-3-11-10(7-12-2)8-13-6-9-4-5-9/h9-11H,3-8H2,1-2H3. The van der Waals surface area contributed by atoms with E-state index in [1.165, 1.54) is 12.8 Å². The van der Waals surface area contributed by atoms with Crippen LogP contribution in [0.25, 0.3) is 0 Å². The van der Waals surface area contributed by atoms with Crippen LogP contribution in [0.1, 0.15) is 19.8 Å². The summed E-state index contributed by atoms with van der Waals surface area (Å²) in [6.45, 7) is 5.52. The largest absolute Gasteiger partial charge is 0.383 e. The molecule has 0 radical (unpaired) electrons. The molecule has 0 saturated heterocycles. The van der Waals surface area contributed by atoms with Crippen molar-refractivity contribution < 1.29 is 9.47 Å². The van der Waals surface area contributed by atoms with Crippen LogP contribution in [-0.2, 0) is 9.47 Å². The number of hydrogen-bond acceptors (Lipinski definition) is 3. The topological polar surface area (TPSA) is 30.5 Å². The molecule has 1 unspecified atom stereocenters. The maximum atomic E-state index is 5.58. The molecule has 0 aliphatic heterocycles. The first-order valence-electron chi connectivity index (χ1n) is 5.16. The highest BCUT2D eigenvalue weighted by molar-refractivity contribution is 4.73. The predicted molar refractivity (Wildman–Crippen MR) is 52.9 cm³/mol. The van der Waals surface area contributed by atoms with E-state index in [1.807, 2.05) is 0 Å². The minimum Gasteiger partial charge on any atom is -0.383 e. The Balaban J connectivity index is 1.98. The van der Waals surface area contributed by atoms with E-state index in [-0.39, 0.29) is 0 Å². The summed E-state index contributed by atoms with van der Waals surface area (Å²) in [4.78, 5) is 0. The van der Waals surface area contributed by atoms with E-state index < -0.39 is 0 Å². The van der Waals surface area contributed by atoms with E-state index in [4.69, 9.17) is 9.47 Å². The zero-order valence-corrected chi connectivity index (χ0v) is 8.71. The van der Waals surface area contributed by atoms with Crippen molar-refractivity contribution in [1.29, 1.82) is 0 Å². The molecule has 0 heterocycles. The maximum absolute atomic E-state index is 5.58. The number of likely N-dealkylation sites (N-methyl/N-ethyl adjacent to an activating group) is 1. The van der Waals surface area contributed by atoms with Crippen molar-refractivity contribution in [3.05, 3.63) is 0 Å². The molecule has 78 valence electrons. The Kier molecular flexibility index (Phi) is 5.35. The minimum atomic E-state index is 0.355. The van der Waals surface area contributed by atoms with Gasteiger partial charge in [0.15, 0.2) is 0 Å². The van der Waals surface area contributed by atoms with Crippen molar-refractivity contribution in [2.75, 3.05) is 33.5 Å². The summed E-state index contributed by atoms with van der Waals surface area (Å²) in [7, 11) is 1.73. The third kappa shape index (κ3) is 5.24. The molecular weight excluding hydrogens is 166 g/mol. The molecule has 1 saturated carbocycles. The second-order valence-electron chi connectivity index (χ2n) is 3.69. The van der Waals surface area contributed by atoms with E-state index in [0.717, 1.165) is 32.3 Å². The maximum Gasteiger partial charge on any atom is 0.0642 e. The molecule has 3 heteroatoms. The third-order valence-corrected chi connectivity index (χ3v) is 2.23. The number of methoxy groups -OCH3 is 1. The van der Waals surface area contributed by atoms with Crippen molar-refractivity contribution in [1.82, 2.24) is 5.32 Å². The minimum absolute atomic E-state index is 0.355. The fourth-order valence-electron chi connectivity index (χ4n) is 1.32. The van der Waals surface area contributed by atoms with Gasteiger partial charge in [0.2, 0.25) is 0 Å². The zero-order valence-electron chi connectivity index (χ0n) is 8.71. The van der Waals surface area contributed by atoms with E-state index >= 15 is 0 Å². The van der Waals surface area contributed by atoms with Crippen molar-refractivity contribution in [2.24, 2.45) is 5.92 Å². The van der Waals surface area contributed by atoms with Gasteiger partial charge in [0, 0.05) is 13.7 Å². The van der Waals surface area contributed by atoms with Crippen LogP contribution in [0.5, 0.6) is 0 Å². The van der Waals surface area contributed by atoms with Gasteiger partial charge in [-0.15, -0.1) is 0 Å². The molecule has 0 spiro atoms. The van der Waals surface area contributed by atoms with Crippen LogP contribution in [0.3, 0.4) is 0 Å². The second kappa shape index (κ2) is 6.35. The summed E-state index contributed by atoms with van der Waals surface area (Å²) in [5.74, 6) is 0.852. The lowest BCUT2D eigenvalue weighted by Gasteiger charge is -2.16. The van der Waals surface area contributed by atoms with Gasteiger partial charge in [-0.3, -0.25) is 0 Å². The lowest BCUT2D eigenvalue weighted by atomic mass is 10.3. The lowest BCUT2D eigenvalue weighted by molar-refractivity contribution is 0.0696. The molecule has 0 amide bonds. The molecule has 1 atom stereocenters. The zero-order chi connectivity index (χ0) is 9.52. The Morgan fingerprint density at radius 3 is 2.69 bits per heavy atom. The summed E-state index contributed by atoms with van der Waals surface area (Å²) in [5, 5.41) is 3.33. The van der Waals surface area contributed by atoms with Gasteiger partial charge in [0.25, 0.3) is 0 Å². The molecule has 1 aliphatic rings. The molecule has 1 aliphatic carbocycles. The molecule has 3 nitrogen and oxygen atoms in total. The number of rotatable bonds is 8. The molecule has 0 aromatic rings. The van der Waals surface area contributed by atoms with Crippen LogP contribution in [0.2, 0.25) is 0 Å². The Labute approximate surface area is 80.8 Å². The summed E-state index contributed by atoms with van der Waals surface area (Å²) >= 11 is 0. The molecule has 0 bridgehead atoms. The SMILES string of the molecule is CCNC(COC)COCC1CC1. The number of nitrogens with one attached hydrogen (secondary N) is 1. The van der Waals surface area contributed by atoms with Crippen molar-refractivity contribution in [2.45, 2.75) is 25.8 Å². The molecule has 13 heavy (non-hydrogen) atoms. The smallest absolute Gasteiger partial charge is 0.0642 e. The van der Waals surface area contributed by atoms with E-state index in [9.17, 15) is 0 Å². The molecule has 1 fully saturated rings. The second-order valence-corrected chi connectivity index (χ2v) is 3.69. The molecule has 0 aromatic heterocycles. The van der Waals surface area contributed by atoms with Gasteiger partial charge in [0.1, 0.15) is 0 Å². The van der Waals surface area contributed by atoms with Gasteiger partial charge in [-0.1, -0.05) is 6.92 Å². The van der Waals surface area contributed by atoms with Crippen LogP contribution in [0, 0.1) is 5.92 Å². The van der Waals surface area contributed by atoms with Gasteiger partial charge in [-0.25, -0.2) is 0 Å². The van der Waals surface area contributed by atoms with Crippen molar-refractivity contribution in [3.8, 4) is 0 Å². The molecular formula is C10H21NO2. The summed E-state index contributed by atoms with van der Waals surface area (Å²) in [5.41, 5.74) is 0. The number of hydrogen-bond donors (Lipinski definition) is 1. The van der Waals surface area contributed by atoms with Gasteiger partial charge in [-0.05, 0) is 25.3 Å². The van der Waals surface area contributed by atoms with Crippen molar-refractivity contribution in [3.63, 3.8) is 0 Å². The fraction of sp³-hybridized carbons (Fsp3) is 1.00. The van der Waals surface area contributed by atoms with Crippen LogP contribution < -0.4 is 5.32 Å². The van der Waals surface area contributed by atoms with Gasteiger partial charge >= 0.3 is 0 Å². The average Bonchev–Trinajstić information content (AvgIpc) is 2.89. The van der Waals surface area contributed by atoms with Crippen molar-refractivity contribution >= 4 is 0 Å². The first-order chi connectivity index (χ1) is 6.36. The fourth-order valence-corrected chi connectivity index (χ4v) is 1.32. The highest BCUT2D eigenvalue weighted by Gasteiger charge is 2.21. The summed E-state index contributed by atoms with van der Waals surface area (Å²) in [6.07, 6.45) is 2.71. The predicted octanol–water partition coefficient (Wildman–Crippen LogP) is 1.04. The van der Waals surface area contributed by atoms with E-state index in [0.29, 0.717) is 6.04 Å². The van der Waals surface area contributed by atoms with Crippen LogP contribution in [-0.4, -0.2) is 39.5 Å². The summed E-state index contributed by atoms with van der Waals surface area (Å²) < 4.78 is 10.7. The van der Waals surface area contributed by atoms with Gasteiger partial charge in [0.05, 0.1) is 19.3 Å². The first kappa shape index (κ1) is 11.0. The van der Waals surface area contributed by atoms with Gasteiger partial charge < -0.3 is 14.8 Å². The molecule has 0 aromatic carbocycles. The monoisotopic (exact) mass is 187 g/mol.